The van der Waals surface area contributed by atoms with E-state index in [4.69, 9.17) is 0 Å². The lowest BCUT2D eigenvalue weighted by molar-refractivity contribution is -0.274. The van der Waals surface area contributed by atoms with E-state index in [1.807, 2.05) is 0 Å². The van der Waals surface area contributed by atoms with E-state index in [2.05, 4.69) is 10.1 Å². The normalized spacial score (nSPS) is 19.2. The first-order valence-electron chi connectivity index (χ1n) is 4.74. The van der Waals surface area contributed by atoms with Crippen molar-refractivity contribution >= 4 is 12.4 Å². The number of hydrogen-bond acceptors (Lipinski definition) is 2. The second kappa shape index (κ2) is 5.10. The Labute approximate surface area is 101 Å². The summed E-state index contributed by atoms with van der Waals surface area (Å²) >= 11 is 0. The Bertz CT molecular complexity index is 392. The van der Waals surface area contributed by atoms with Crippen LogP contribution >= 0.6 is 12.4 Å². The summed E-state index contributed by atoms with van der Waals surface area (Å²) < 4.78 is 52.8. The van der Waals surface area contributed by atoms with Gasteiger partial charge in [-0.3, -0.25) is 0 Å². The van der Waals surface area contributed by atoms with Crippen molar-refractivity contribution in [3.8, 4) is 5.75 Å². The minimum Gasteiger partial charge on any atom is -0.406 e. The highest BCUT2D eigenvalue weighted by atomic mass is 35.5. The van der Waals surface area contributed by atoms with Crippen molar-refractivity contribution in [3.63, 3.8) is 0 Å². The second-order valence-corrected chi connectivity index (χ2v) is 3.53. The lowest BCUT2D eigenvalue weighted by atomic mass is 9.97. The molecule has 1 N–H and O–H groups in total. The van der Waals surface area contributed by atoms with Crippen LogP contribution in [0.1, 0.15) is 18.0 Å². The Morgan fingerprint density at radius 3 is 2.41 bits per heavy atom. The molecule has 0 amide bonds. The summed E-state index contributed by atoms with van der Waals surface area (Å²) in [6, 6.07) is 2.82. The minimum atomic E-state index is -4.75. The molecule has 1 aliphatic heterocycles. The summed E-state index contributed by atoms with van der Waals surface area (Å²) in [5.41, 5.74) is 0.216. The van der Waals surface area contributed by atoms with Crippen LogP contribution in [0.4, 0.5) is 17.6 Å². The molecule has 0 aromatic heterocycles. The summed E-state index contributed by atoms with van der Waals surface area (Å²) in [7, 11) is 0. The predicted octanol–water partition coefficient (Wildman–Crippen LogP) is 3.18. The van der Waals surface area contributed by atoms with Crippen LogP contribution in [0.2, 0.25) is 0 Å². The number of benzene rings is 1. The molecule has 0 spiro atoms. The number of alkyl halides is 3. The molecule has 0 unspecified atom stereocenters. The summed E-state index contributed by atoms with van der Waals surface area (Å²) in [5, 5.41) is 2.92. The van der Waals surface area contributed by atoms with Crippen LogP contribution in [0, 0.1) is 5.82 Å². The zero-order valence-corrected chi connectivity index (χ0v) is 9.37. The molecule has 0 saturated carbocycles. The van der Waals surface area contributed by atoms with E-state index in [1.165, 1.54) is 0 Å². The highest BCUT2D eigenvalue weighted by molar-refractivity contribution is 5.85. The zero-order chi connectivity index (χ0) is 11.8. The van der Waals surface area contributed by atoms with Crippen LogP contribution in [0.5, 0.6) is 5.75 Å². The van der Waals surface area contributed by atoms with Crippen LogP contribution in [0.25, 0.3) is 0 Å². The van der Waals surface area contributed by atoms with Crippen molar-refractivity contribution in [2.24, 2.45) is 0 Å². The molecule has 1 heterocycles. The highest BCUT2D eigenvalue weighted by Gasteiger charge is 2.32. The van der Waals surface area contributed by atoms with Crippen LogP contribution in [0.3, 0.4) is 0 Å². The monoisotopic (exact) mass is 271 g/mol. The molecule has 1 saturated heterocycles. The van der Waals surface area contributed by atoms with Gasteiger partial charge in [0, 0.05) is 11.6 Å². The molecule has 0 bridgehead atoms. The number of nitrogens with one attached hydrogen (secondary N) is 1. The molecular weight excluding hydrogens is 262 g/mol. The van der Waals surface area contributed by atoms with Gasteiger partial charge < -0.3 is 10.1 Å². The Morgan fingerprint density at radius 1 is 1.29 bits per heavy atom. The van der Waals surface area contributed by atoms with Gasteiger partial charge in [-0.25, -0.2) is 4.39 Å². The molecular formula is C10H10ClF4NO. The molecule has 17 heavy (non-hydrogen) atoms. The summed E-state index contributed by atoms with van der Waals surface area (Å²) in [5.74, 6) is -0.913. The number of ether oxygens (including phenoxy) is 1. The molecule has 1 aromatic rings. The maximum Gasteiger partial charge on any atom is 0.573 e. The van der Waals surface area contributed by atoms with E-state index in [0.717, 1.165) is 24.7 Å². The molecule has 2 nitrogen and oxygen atoms in total. The van der Waals surface area contributed by atoms with Crippen molar-refractivity contribution < 1.29 is 22.3 Å². The Balaban J connectivity index is 0.00000144. The first-order valence-corrected chi connectivity index (χ1v) is 4.74. The molecule has 2 rings (SSSR count). The third-order valence-corrected chi connectivity index (χ3v) is 2.40. The average Bonchev–Trinajstić information content (AvgIpc) is 2.05. The third-order valence-electron chi connectivity index (χ3n) is 2.40. The van der Waals surface area contributed by atoms with Gasteiger partial charge >= 0.3 is 6.36 Å². The van der Waals surface area contributed by atoms with E-state index in [0.29, 0.717) is 6.42 Å². The van der Waals surface area contributed by atoms with Crippen molar-refractivity contribution in [2.45, 2.75) is 18.8 Å². The molecule has 7 heteroatoms. The van der Waals surface area contributed by atoms with Crippen LogP contribution in [-0.2, 0) is 0 Å². The van der Waals surface area contributed by atoms with Crippen molar-refractivity contribution in [1.82, 2.24) is 5.32 Å². The van der Waals surface area contributed by atoms with Crippen molar-refractivity contribution in [1.29, 1.82) is 0 Å². The first-order chi connectivity index (χ1) is 7.46. The molecule has 1 fully saturated rings. The minimum absolute atomic E-state index is 0. The standard InChI is InChI=1S/C10H9F4NO.ClH/c11-8-2-1-6(16-10(12,13)14)5-7(8)9-3-4-15-9;/h1-2,5,9,15H,3-4H2;1H/t9-;/m0./s1. The second-order valence-electron chi connectivity index (χ2n) is 3.53. The molecule has 96 valence electrons. The van der Waals surface area contributed by atoms with E-state index >= 15 is 0 Å². The van der Waals surface area contributed by atoms with E-state index < -0.39 is 17.9 Å². The van der Waals surface area contributed by atoms with Gasteiger partial charge in [-0.05, 0) is 31.2 Å². The maximum atomic E-state index is 13.3. The van der Waals surface area contributed by atoms with Gasteiger partial charge in [-0.1, -0.05) is 0 Å². The maximum absolute atomic E-state index is 13.3. The molecule has 1 atom stereocenters. The van der Waals surface area contributed by atoms with Crippen molar-refractivity contribution in [2.75, 3.05) is 6.54 Å². The highest BCUT2D eigenvalue weighted by Crippen LogP contribution is 2.30. The number of halogens is 5. The van der Waals surface area contributed by atoms with Crippen molar-refractivity contribution in [3.05, 3.63) is 29.6 Å². The molecule has 0 aliphatic carbocycles. The van der Waals surface area contributed by atoms with Crippen LogP contribution in [-0.4, -0.2) is 12.9 Å². The quantitative estimate of drug-likeness (QED) is 0.834. The van der Waals surface area contributed by atoms with E-state index in [1.54, 1.807) is 0 Å². The largest absolute Gasteiger partial charge is 0.573 e. The summed E-state index contributed by atoms with van der Waals surface area (Å²) in [4.78, 5) is 0. The molecule has 0 radical (unpaired) electrons. The SMILES string of the molecule is Cl.Fc1ccc(OC(F)(F)F)cc1[C@@H]1CCN1. The van der Waals surface area contributed by atoms with Gasteiger partial charge in [0.1, 0.15) is 11.6 Å². The Kier molecular flexibility index (Phi) is 4.21. The van der Waals surface area contributed by atoms with Gasteiger partial charge in [0.25, 0.3) is 0 Å². The van der Waals surface area contributed by atoms with Crippen LogP contribution < -0.4 is 10.1 Å². The molecule has 1 aromatic carbocycles. The number of rotatable bonds is 2. The summed E-state index contributed by atoms with van der Waals surface area (Å²) in [6.07, 6.45) is -4.03. The smallest absolute Gasteiger partial charge is 0.406 e. The fourth-order valence-electron chi connectivity index (χ4n) is 1.54. The third kappa shape index (κ3) is 3.47. The fraction of sp³-hybridized carbons (Fsp3) is 0.400. The average molecular weight is 272 g/mol. The van der Waals surface area contributed by atoms with Gasteiger partial charge in [0.2, 0.25) is 0 Å². The number of hydrogen-bond donors (Lipinski definition) is 1. The topological polar surface area (TPSA) is 21.3 Å². The van der Waals surface area contributed by atoms with Gasteiger partial charge in [-0.2, -0.15) is 0 Å². The van der Waals surface area contributed by atoms with Gasteiger partial charge in [0.05, 0.1) is 0 Å². The van der Waals surface area contributed by atoms with E-state index in [9.17, 15) is 17.6 Å². The van der Waals surface area contributed by atoms with E-state index in [-0.39, 0.29) is 24.0 Å². The fourth-order valence-corrected chi connectivity index (χ4v) is 1.54. The van der Waals surface area contributed by atoms with Gasteiger partial charge in [0.15, 0.2) is 0 Å². The van der Waals surface area contributed by atoms with Crippen LogP contribution in [0.15, 0.2) is 18.2 Å². The Morgan fingerprint density at radius 2 is 1.94 bits per heavy atom. The molecule has 1 aliphatic rings. The summed E-state index contributed by atoms with van der Waals surface area (Å²) in [6.45, 7) is 0.745. The zero-order valence-electron chi connectivity index (χ0n) is 8.55. The van der Waals surface area contributed by atoms with Gasteiger partial charge in [-0.15, -0.1) is 25.6 Å². The predicted molar refractivity (Wildman–Crippen MR) is 55.7 cm³/mol. The lowest BCUT2D eigenvalue weighted by Gasteiger charge is -2.28. The lowest BCUT2D eigenvalue weighted by Crippen LogP contribution is -2.35. The Hall–Kier alpha value is -1.01. The first kappa shape index (κ1) is 14.1.